The van der Waals surface area contributed by atoms with Crippen molar-refractivity contribution in [3.63, 3.8) is 0 Å². The number of benzene rings is 2. The van der Waals surface area contributed by atoms with E-state index in [2.05, 4.69) is 9.80 Å². The van der Waals surface area contributed by atoms with Gasteiger partial charge in [0, 0.05) is 39.3 Å². The van der Waals surface area contributed by atoms with Gasteiger partial charge >= 0.3 is 0 Å². The summed E-state index contributed by atoms with van der Waals surface area (Å²) in [4.78, 5) is 17.4. The number of β-amino-alcohol motifs (C(OH)–C–C–N with tert-alkyl or cyclic N) is 1. The van der Waals surface area contributed by atoms with Crippen LogP contribution in [0, 0.1) is 12.7 Å². The van der Waals surface area contributed by atoms with E-state index in [1.807, 2.05) is 0 Å². The molecule has 0 spiro atoms. The van der Waals surface area contributed by atoms with Gasteiger partial charge in [-0.2, -0.15) is 0 Å². The van der Waals surface area contributed by atoms with E-state index in [4.69, 9.17) is 9.84 Å². The molecule has 0 bridgehead atoms. The molecule has 2 N–H and O–H groups in total. The van der Waals surface area contributed by atoms with Crippen molar-refractivity contribution >= 4 is 11.9 Å². The fourth-order valence-corrected chi connectivity index (χ4v) is 3.98. The van der Waals surface area contributed by atoms with Gasteiger partial charge in [-0.3, -0.25) is 14.6 Å². The minimum absolute atomic E-state index is 0.111. The van der Waals surface area contributed by atoms with E-state index in [-0.39, 0.29) is 29.7 Å². The van der Waals surface area contributed by atoms with E-state index >= 15 is 0 Å². The van der Waals surface area contributed by atoms with E-state index in [9.17, 15) is 14.3 Å². The monoisotopic (exact) mass is 412 g/mol. The van der Waals surface area contributed by atoms with Crippen molar-refractivity contribution < 1.29 is 24.1 Å². The molecule has 2 aromatic carbocycles. The molecular formula is C23H25FN2O4. The fourth-order valence-electron chi connectivity index (χ4n) is 3.98. The van der Waals surface area contributed by atoms with Crippen molar-refractivity contribution in [1.82, 2.24) is 9.80 Å². The largest absolute Gasteiger partial charge is 0.507 e. The molecule has 0 amide bonds. The normalized spacial score (nSPS) is 18.6. The maximum Gasteiger partial charge on any atom is 0.232 e. The van der Waals surface area contributed by atoms with Crippen LogP contribution in [-0.2, 0) is 6.54 Å². The number of ether oxygens (including phenoxy) is 1. The average molecular weight is 412 g/mol. The number of carbonyl (C=O) groups excluding carboxylic acids is 1. The van der Waals surface area contributed by atoms with Crippen LogP contribution in [0.5, 0.6) is 11.5 Å². The summed E-state index contributed by atoms with van der Waals surface area (Å²) in [7, 11) is 0. The van der Waals surface area contributed by atoms with Crippen LogP contribution < -0.4 is 4.74 Å². The number of hydrogen-bond donors (Lipinski definition) is 2. The Morgan fingerprint density at radius 3 is 2.47 bits per heavy atom. The molecule has 158 valence electrons. The Labute approximate surface area is 174 Å². The summed E-state index contributed by atoms with van der Waals surface area (Å²) in [6.07, 6.45) is 1.59. The van der Waals surface area contributed by atoms with Crippen molar-refractivity contribution in [1.29, 1.82) is 0 Å². The van der Waals surface area contributed by atoms with Gasteiger partial charge in [0.15, 0.2) is 5.76 Å². The highest BCUT2D eigenvalue weighted by Gasteiger charge is 2.34. The lowest BCUT2D eigenvalue weighted by molar-refractivity contribution is 0.101. The number of aromatic hydroxyl groups is 1. The average Bonchev–Trinajstić information content (AvgIpc) is 3.05. The number of rotatable bonds is 5. The number of piperazine rings is 1. The SMILES string of the molecule is Cc1cc(O)c(CN2CCN(CCO)CC2)c2c1C(=O)/C(=C/c1ccc(F)cc1)O2. The lowest BCUT2D eigenvalue weighted by atomic mass is 9.99. The van der Waals surface area contributed by atoms with Crippen LogP contribution in [0.3, 0.4) is 0 Å². The van der Waals surface area contributed by atoms with E-state index in [0.29, 0.717) is 41.1 Å². The number of ketones is 1. The van der Waals surface area contributed by atoms with Gasteiger partial charge in [0.05, 0.1) is 17.7 Å². The zero-order valence-corrected chi connectivity index (χ0v) is 16.9. The van der Waals surface area contributed by atoms with Gasteiger partial charge in [0.25, 0.3) is 0 Å². The standard InChI is InChI=1S/C23H25FN2O4/c1-15-12-19(28)18(14-26-8-6-25(7-9-26)10-11-27)23-21(15)22(29)20(30-23)13-16-2-4-17(24)5-3-16/h2-5,12-13,27-28H,6-11,14H2,1H3/b20-13-. The molecular weight excluding hydrogens is 387 g/mol. The van der Waals surface area contributed by atoms with E-state index in [1.54, 1.807) is 31.2 Å². The zero-order valence-electron chi connectivity index (χ0n) is 16.9. The number of phenolic OH excluding ortho intramolecular Hbond substituents is 1. The molecule has 6 nitrogen and oxygen atoms in total. The molecule has 2 aliphatic heterocycles. The third kappa shape index (κ3) is 4.09. The Hall–Kier alpha value is -2.74. The molecule has 0 aliphatic carbocycles. The number of fused-ring (bicyclic) bond motifs is 1. The Kier molecular flexibility index (Phi) is 5.85. The first kappa shape index (κ1) is 20.5. The van der Waals surface area contributed by atoms with Crippen LogP contribution in [0.2, 0.25) is 0 Å². The highest BCUT2D eigenvalue weighted by atomic mass is 19.1. The predicted octanol–water partition coefficient (Wildman–Crippen LogP) is 2.57. The lowest BCUT2D eigenvalue weighted by Gasteiger charge is -2.34. The van der Waals surface area contributed by atoms with Gasteiger partial charge in [0.1, 0.15) is 17.3 Å². The third-order valence-electron chi connectivity index (χ3n) is 5.65. The molecule has 0 atom stereocenters. The molecule has 1 saturated heterocycles. The topological polar surface area (TPSA) is 73.2 Å². The minimum Gasteiger partial charge on any atom is -0.507 e. The van der Waals surface area contributed by atoms with Crippen LogP contribution in [0.1, 0.15) is 27.0 Å². The molecule has 7 heteroatoms. The second-order valence-electron chi connectivity index (χ2n) is 7.73. The van der Waals surface area contributed by atoms with Crippen LogP contribution in [-0.4, -0.2) is 65.1 Å². The van der Waals surface area contributed by atoms with Gasteiger partial charge in [-0.25, -0.2) is 4.39 Å². The molecule has 2 heterocycles. The Morgan fingerprint density at radius 1 is 1.13 bits per heavy atom. The molecule has 0 saturated carbocycles. The molecule has 30 heavy (non-hydrogen) atoms. The molecule has 2 aromatic rings. The van der Waals surface area contributed by atoms with Gasteiger partial charge in [-0.05, 0) is 42.3 Å². The van der Waals surface area contributed by atoms with Gasteiger partial charge in [0.2, 0.25) is 5.78 Å². The number of Topliss-reactive ketones (excluding diaryl/α,β-unsaturated/α-hetero) is 1. The quantitative estimate of drug-likeness (QED) is 0.736. The summed E-state index contributed by atoms with van der Waals surface area (Å²) in [5.74, 6) is 0.102. The first-order chi connectivity index (χ1) is 14.5. The molecule has 4 rings (SSSR count). The molecule has 0 aromatic heterocycles. The van der Waals surface area contributed by atoms with Crippen molar-refractivity contribution in [2.24, 2.45) is 0 Å². The van der Waals surface area contributed by atoms with Crippen molar-refractivity contribution in [3.05, 3.63) is 64.2 Å². The van der Waals surface area contributed by atoms with E-state index in [0.717, 1.165) is 26.2 Å². The summed E-state index contributed by atoms with van der Waals surface area (Å²) < 4.78 is 19.1. The Bertz CT molecular complexity index is 980. The number of aryl methyl sites for hydroxylation is 1. The van der Waals surface area contributed by atoms with Crippen LogP contribution >= 0.6 is 0 Å². The van der Waals surface area contributed by atoms with Crippen LogP contribution in [0.25, 0.3) is 6.08 Å². The number of aliphatic hydroxyl groups excluding tert-OH is 1. The minimum atomic E-state index is -0.346. The number of allylic oxidation sites excluding steroid dienone is 1. The van der Waals surface area contributed by atoms with Gasteiger partial charge in [-0.1, -0.05) is 12.1 Å². The lowest BCUT2D eigenvalue weighted by Crippen LogP contribution is -2.46. The number of carbonyl (C=O) groups is 1. The molecule has 0 unspecified atom stereocenters. The number of nitrogens with zero attached hydrogens (tertiary/aromatic N) is 2. The summed E-state index contributed by atoms with van der Waals surface area (Å²) in [6.45, 7) is 6.33. The summed E-state index contributed by atoms with van der Waals surface area (Å²) in [6, 6.07) is 7.44. The highest BCUT2D eigenvalue weighted by Crippen LogP contribution is 2.42. The zero-order chi connectivity index (χ0) is 21.3. The summed E-state index contributed by atoms with van der Waals surface area (Å²) in [5.41, 5.74) is 2.39. The summed E-state index contributed by atoms with van der Waals surface area (Å²) in [5, 5.41) is 19.7. The first-order valence-corrected chi connectivity index (χ1v) is 10.1. The van der Waals surface area contributed by atoms with E-state index in [1.165, 1.54) is 12.1 Å². The molecule has 1 fully saturated rings. The maximum atomic E-state index is 13.2. The van der Waals surface area contributed by atoms with Crippen LogP contribution in [0.15, 0.2) is 36.1 Å². The van der Waals surface area contributed by atoms with Gasteiger partial charge in [-0.15, -0.1) is 0 Å². The predicted molar refractivity (Wildman–Crippen MR) is 111 cm³/mol. The number of phenols is 1. The first-order valence-electron chi connectivity index (χ1n) is 10.1. The Balaban J connectivity index is 1.59. The number of aliphatic hydroxyl groups is 1. The van der Waals surface area contributed by atoms with Gasteiger partial charge < -0.3 is 14.9 Å². The fraction of sp³-hybridized carbons (Fsp3) is 0.348. The number of hydrogen-bond acceptors (Lipinski definition) is 6. The highest BCUT2D eigenvalue weighted by molar-refractivity contribution is 6.15. The summed E-state index contributed by atoms with van der Waals surface area (Å²) >= 11 is 0. The second kappa shape index (κ2) is 8.55. The second-order valence-corrected chi connectivity index (χ2v) is 7.73. The van der Waals surface area contributed by atoms with Crippen molar-refractivity contribution in [3.8, 4) is 11.5 Å². The maximum absolute atomic E-state index is 13.2. The van der Waals surface area contributed by atoms with E-state index < -0.39 is 0 Å². The smallest absolute Gasteiger partial charge is 0.232 e. The van der Waals surface area contributed by atoms with Crippen molar-refractivity contribution in [2.75, 3.05) is 39.3 Å². The third-order valence-corrected chi connectivity index (χ3v) is 5.65. The van der Waals surface area contributed by atoms with Crippen LogP contribution in [0.4, 0.5) is 4.39 Å². The van der Waals surface area contributed by atoms with Crippen molar-refractivity contribution in [2.45, 2.75) is 13.5 Å². The molecule has 2 aliphatic rings. The number of halogens is 1. The Morgan fingerprint density at radius 2 is 1.80 bits per heavy atom. The molecule has 0 radical (unpaired) electrons.